The number of nitrogens with zero attached hydrogens (tertiary/aromatic N) is 1. The molecule has 0 aromatic heterocycles. The molecular weight excluding hydrogens is 198 g/mol. The molecule has 16 heavy (non-hydrogen) atoms. The van der Waals surface area contributed by atoms with Crippen molar-refractivity contribution < 1.29 is 0 Å². The highest BCUT2D eigenvalue weighted by molar-refractivity contribution is 5.62. The summed E-state index contributed by atoms with van der Waals surface area (Å²) in [5.74, 6) is 2.29. The topological polar surface area (TPSA) is 36.4 Å². The summed E-state index contributed by atoms with van der Waals surface area (Å²) in [5.41, 5.74) is 3.40. The van der Waals surface area contributed by atoms with Gasteiger partial charge in [0.25, 0.3) is 0 Å². The van der Waals surface area contributed by atoms with E-state index in [2.05, 4.69) is 34.2 Å². The Kier molecular flexibility index (Phi) is 2.96. The quantitative estimate of drug-likeness (QED) is 0.656. The minimum Gasteiger partial charge on any atom is -0.317 e. The van der Waals surface area contributed by atoms with Gasteiger partial charge in [0.1, 0.15) is 0 Å². The van der Waals surface area contributed by atoms with Crippen LogP contribution >= 0.6 is 0 Å². The molecule has 3 atom stereocenters. The normalized spacial score (nSPS) is 39.1. The maximum absolute atomic E-state index is 4.39. The first kappa shape index (κ1) is 10.3. The van der Waals surface area contributed by atoms with E-state index in [1.165, 1.54) is 38.8 Å². The third kappa shape index (κ3) is 1.88. The van der Waals surface area contributed by atoms with E-state index in [-0.39, 0.29) is 0 Å². The third-order valence-corrected chi connectivity index (χ3v) is 4.38. The first-order valence-electron chi connectivity index (χ1n) is 6.59. The van der Waals surface area contributed by atoms with E-state index in [9.17, 15) is 0 Å². The molecule has 3 rings (SSSR count). The van der Waals surface area contributed by atoms with Crippen molar-refractivity contribution in [1.29, 1.82) is 0 Å². The number of hydrogen-bond donors (Lipinski definition) is 2. The second kappa shape index (κ2) is 4.58. The molecule has 0 saturated carbocycles. The van der Waals surface area contributed by atoms with Crippen molar-refractivity contribution in [1.82, 2.24) is 10.7 Å². The monoisotopic (exact) mass is 219 g/mol. The molecule has 2 aliphatic heterocycles. The van der Waals surface area contributed by atoms with Gasteiger partial charge >= 0.3 is 0 Å². The lowest BCUT2D eigenvalue weighted by atomic mass is 9.72. The number of rotatable bonds is 1. The SMILES string of the molecule is C1=CCC2C(C=NNC2C2CCNCC2)C1. The molecule has 1 saturated heterocycles. The molecule has 0 bridgehead atoms. The molecular formula is C13H21N3. The molecule has 88 valence electrons. The van der Waals surface area contributed by atoms with Crippen LogP contribution in [0.5, 0.6) is 0 Å². The average Bonchev–Trinajstić information content (AvgIpc) is 2.39. The van der Waals surface area contributed by atoms with Gasteiger partial charge in [0.2, 0.25) is 0 Å². The predicted molar refractivity (Wildman–Crippen MR) is 66.4 cm³/mol. The van der Waals surface area contributed by atoms with Crippen LogP contribution in [0.1, 0.15) is 25.7 Å². The lowest BCUT2D eigenvalue weighted by Crippen LogP contribution is -2.49. The van der Waals surface area contributed by atoms with Gasteiger partial charge in [-0.25, -0.2) is 0 Å². The molecule has 0 aromatic carbocycles. The molecule has 1 fully saturated rings. The van der Waals surface area contributed by atoms with Crippen LogP contribution in [0.15, 0.2) is 17.3 Å². The smallest absolute Gasteiger partial charge is 0.0506 e. The summed E-state index contributed by atoms with van der Waals surface area (Å²) in [5, 5.41) is 7.83. The second-order valence-electron chi connectivity index (χ2n) is 5.29. The number of hydrazone groups is 1. The first-order chi connectivity index (χ1) is 7.95. The Hall–Kier alpha value is -0.830. The highest BCUT2D eigenvalue weighted by Gasteiger charge is 2.36. The van der Waals surface area contributed by atoms with Gasteiger partial charge in [-0.2, -0.15) is 5.10 Å². The third-order valence-electron chi connectivity index (χ3n) is 4.38. The zero-order valence-corrected chi connectivity index (χ0v) is 9.73. The van der Waals surface area contributed by atoms with Crippen molar-refractivity contribution in [2.45, 2.75) is 31.7 Å². The standard InChI is InChI=1S/C13H21N3/c1-2-4-12-11(3-1)9-15-16-13(12)10-5-7-14-8-6-10/h1-2,9-14,16H,3-8H2. The van der Waals surface area contributed by atoms with E-state index in [1.54, 1.807) is 0 Å². The average molecular weight is 219 g/mol. The Balaban J connectivity index is 1.73. The van der Waals surface area contributed by atoms with E-state index >= 15 is 0 Å². The Labute approximate surface area is 97.4 Å². The van der Waals surface area contributed by atoms with Crippen LogP contribution in [0.4, 0.5) is 0 Å². The van der Waals surface area contributed by atoms with Gasteiger partial charge in [0.15, 0.2) is 0 Å². The minimum atomic E-state index is 0.613. The minimum absolute atomic E-state index is 0.613. The van der Waals surface area contributed by atoms with Crippen molar-refractivity contribution in [3.8, 4) is 0 Å². The van der Waals surface area contributed by atoms with Crippen LogP contribution < -0.4 is 10.7 Å². The number of piperidine rings is 1. The Morgan fingerprint density at radius 1 is 1.06 bits per heavy atom. The lowest BCUT2D eigenvalue weighted by Gasteiger charge is -2.41. The van der Waals surface area contributed by atoms with E-state index in [1.807, 2.05) is 0 Å². The lowest BCUT2D eigenvalue weighted by molar-refractivity contribution is 0.177. The van der Waals surface area contributed by atoms with Crippen LogP contribution in [0.25, 0.3) is 0 Å². The highest BCUT2D eigenvalue weighted by atomic mass is 15.3. The fraction of sp³-hybridized carbons (Fsp3) is 0.769. The molecule has 0 aromatic rings. The summed E-state index contributed by atoms with van der Waals surface area (Å²) < 4.78 is 0. The number of fused-ring (bicyclic) bond motifs is 1. The second-order valence-corrected chi connectivity index (χ2v) is 5.29. The van der Waals surface area contributed by atoms with Crippen LogP contribution in [-0.4, -0.2) is 25.3 Å². The zero-order valence-electron chi connectivity index (χ0n) is 9.73. The number of hydrogen-bond acceptors (Lipinski definition) is 3. The summed E-state index contributed by atoms with van der Waals surface area (Å²) in [6, 6.07) is 0.613. The molecule has 2 N–H and O–H groups in total. The molecule has 1 aliphatic carbocycles. The number of allylic oxidation sites excluding steroid dienone is 2. The maximum atomic E-state index is 4.39. The number of nitrogens with one attached hydrogen (secondary N) is 2. The van der Waals surface area contributed by atoms with Crippen LogP contribution in [0, 0.1) is 17.8 Å². The predicted octanol–water partition coefficient (Wildman–Crippen LogP) is 1.53. The van der Waals surface area contributed by atoms with E-state index in [0.29, 0.717) is 12.0 Å². The summed E-state index contributed by atoms with van der Waals surface area (Å²) in [7, 11) is 0. The van der Waals surface area contributed by atoms with Crippen molar-refractivity contribution in [3.05, 3.63) is 12.2 Å². The van der Waals surface area contributed by atoms with Gasteiger partial charge < -0.3 is 10.7 Å². The van der Waals surface area contributed by atoms with Gasteiger partial charge in [0.05, 0.1) is 6.04 Å². The van der Waals surface area contributed by atoms with Gasteiger partial charge in [-0.05, 0) is 50.6 Å². The Morgan fingerprint density at radius 2 is 1.88 bits per heavy atom. The molecule has 3 heteroatoms. The van der Waals surface area contributed by atoms with Crippen molar-refractivity contribution >= 4 is 6.21 Å². The summed E-state index contributed by atoms with van der Waals surface area (Å²) >= 11 is 0. The van der Waals surface area contributed by atoms with Crippen LogP contribution in [0.2, 0.25) is 0 Å². The molecule has 0 radical (unpaired) electrons. The molecule has 3 aliphatic rings. The van der Waals surface area contributed by atoms with E-state index in [0.717, 1.165) is 11.8 Å². The van der Waals surface area contributed by atoms with Crippen molar-refractivity contribution in [3.63, 3.8) is 0 Å². The highest BCUT2D eigenvalue weighted by Crippen LogP contribution is 2.34. The van der Waals surface area contributed by atoms with Gasteiger partial charge in [-0.15, -0.1) is 0 Å². The van der Waals surface area contributed by atoms with E-state index in [4.69, 9.17) is 0 Å². The van der Waals surface area contributed by atoms with Crippen molar-refractivity contribution in [2.75, 3.05) is 13.1 Å². The fourth-order valence-electron chi connectivity index (χ4n) is 3.42. The summed E-state index contributed by atoms with van der Waals surface area (Å²) in [6.45, 7) is 2.36. The summed E-state index contributed by atoms with van der Waals surface area (Å²) in [6.07, 6.45) is 11.8. The largest absolute Gasteiger partial charge is 0.317 e. The van der Waals surface area contributed by atoms with Gasteiger partial charge in [-0.3, -0.25) is 0 Å². The Bertz CT molecular complexity index is 292. The maximum Gasteiger partial charge on any atom is 0.0506 e. The molecule has 3 unspecified atom stereocenters. The van der Waals surface area contributed by atoms with Gasteiger partial charge in [0, 0.05) is 12.1 Å². The Morgan fingerprint density at radius 3 is 2.75 bits per heavy atom. The van der Waals surface area contributed by atoms with Crippen molar-refractivity contribution in [2.24, 2.45) is 22.9 Å². The zero-order chi connectivity index (χ0) is 10.8. The fourth-order valence-corrected chi connectivity index (χ4v) is 3.42. The van der Waals surface area contributed by atoms with Crippen LogP contribution in [0.3, 0.4) is 0 Å². The van der Waals surface area contributed by atoms with E-state index < -0.39 is 0 Å². The first-order valence-corrected chi connectivity index (χ1v) is 6.59. The van der Waals surface area contributed by atoms with Gasteiger partial charge in [-0.1, -0.05) is 12.2 Å². The molecule has 0 spiro atoms. The molecule has 2 heterocycles. The summed E-state index contributed by atoms with van der Waals surface area (Å²) in [4.78, 5) is 0. The van der Waals surface area contributed by atoms with Crippen LogP contribution in [-0.2, 0) is 0 Å². The molecule has 0 amide bonds. The molecule has 3 nitrogen and oxygen atoms in total.